The van der Waals surface area contributed by atoms with Crippen LogP contribution < -0.4 is 10.2 Å². The molecule has 4 rings (SSSR count). The molecule has 122 valence electrons. The van der Waals surface area contributed by atoms with Gasteiger partial charge in [0.1, 0.15) is 5.84 Å². The molecule has 3 aromatic rings. The fourth-order valence-electron chi connectivity index (χ4n) is 2.75. The number of nitrogens with zero attached hydrogens (tertiary/aromatic N) is 4. The Bertz CT molecular complexity index is 925. The predicted molar refractivity (Wildman–Crippen MR) is 96.7 cm³/mol. The molecule has 0 unspecified atom stereocenters. The average molecular weight is 329 g/mol. The Morgan fingerprint density at radius 3 is 2.48 bits per heavy atom. The van der Waals surface area contributed by atoms with Crippen LogP contribution in [0.3, 0.4) is 0 Å². The van der Waals surface area contributed by atoms with E-state index >= 15 is 0 Å². The number of anilines is 2. The van der Waals surface area contributed by atoms with Crippen LogP contribution in [0.1, 0.15) is 11.1 Å². The van der Waals surface area contributed by atoms with Gasteiger partial charge in [0.2, 0.25) is 5.95 Å². The van der Waals surface area contributed by atoms with Crippen molar-refractivity contribution in [1.82, 2.24) is 9.97 Å². The van der Waals surface area contributed by atoms with Gasteiger partial charge in [-0.15, -0.1) is 0 Å². The van der Waals surface area contributed by atoms with E-state index < -0.39 is 6.03 Å². The highest BCUT2D eigenvalue weighted by Gasteiger charge is 2.28. The maximum atomic E-state index is 12.4. The molecule has 1 N–H and O–H groups in total. The first-order valence-electron chi connectivity index (χ1n) is 7.89. The van der Waals surface area contributed by atoms with Crippen LogP contribution in [0.5, 0.6) is 0 Å². The van der Waals surface area contributed by atoms with Crippen molar-refractivity contribution >= 4 is 23.5 Å². The molecule has 0 fully saturated rings. The monoisotopic (exact) mass is 329 g/mol. The summed E-state index contributed by atoms with van der Waals surface area (Å²) in [7, 11) is 0. The van der Waals surface area contributed by atoms with Gasteiger partial charge in [0.05, 0.1) is 6.54 Å². The zero-order valence-electron chi connectivity index (χ0n) is 13.3. The van der Waals surface area contributed by atoms with Crippen molar-refractivity contribution in [3.8, 4) is 0 Å². The first-order valence-corrected chi connectivity index (χ1v) is 7.89. The fraction of sp³-hybridized carbons (Fsp3) is 0.0526. The van der Waals surface area contributed by atoms with Crippen molar-refractivity contribution in [3.63, 3.8) is 0 Å². The van der Waals surface area contributed by atoms with E-state index in [-0.39, 0.29) is 0 Å². The Kier molecular flexibility index (Phi) is 3.92. The maximum Gasteiger partial charge on any atom is 0.347 e. The van der Waals surface area contributed by atoms with Crippen molar-refractivity contribution in [2.75, 3.05) is 10.2 Å². The first-order chi connectivity index (χ1) is 12.3. The molecule has 0 saturated heterocycles. The summed E-state index contributed by atoms with van der Waals surface area (Å²) >= 11 is 0. The van der Waals surface area contributed by atoms with E-state index in [9.17, 15) is 4.79 Å². The van der Waals surface area contributed by atoms with E-state index in [2.05, 4.69) is 20.3 Å². The highest BCUT2D eigenvalue weighted by atomic mass is 16.2. The van der Waals surface area contributed by atoms with Crippen molar-refractivity contribution < 1.29 is 4.79 Å². The zero-order chi connectivity index (χ0) is 17.1. The Morgan fingerprint density at radius 2 is 1.68 bits per heavy atom. The normalized spacial score (nSPS) is 14.4. The quantitative estimate of drug-likeness (QED) is 0.781. The van der Waals surface area contributed by atoms with E-state index in [1.807, 2.05) is 59.5 Å². The van der Waals surface area contributed by atoms with Crippen molar-refractivity contribution in [2.24, 2.45) is 4.99 Å². The van der Waals surface area contributed by atoms with E-state index in [1.54, 1.807) is 18.5 Å². The summed E-state index contributed by atoms with van der Waals surface area (Å²) in [6, 6.07) is 18.4. The third-order valence-electron chi connectivity index (χ3n) is 3.87. The van der Waals surface area contributed by atoms with Gasteiger partial charge in [-0.1, -0.05) is 42.5 Å². The lowest BCUT2D eigenvalue weighted by Gasteiger charge is -2.16. The minimum Gasteiger partial charge on any atom is -0.306 e. The number of carbonyl (C=O) groups is 1. The maximum absolute atomic E-state index is 12.4. The molecule has 1 aliphatic rings. The van der Waals surface area contributed by atoms with Crippen molar-refractivity contribution in [1.29, 1.82) is 0 Å². The zero-order valence-corrected chi connectivity index (χ0v) is 13.3. The summed E-state index contributed by atoms with van der Waals surface area (Å²) in [5.74, 6) is 1.07. The van der Waals surface area contributed by atoms with Gasteiger partial charge in [0.25, 0.3) is 0 Å². The number of aliphatic imine (C=N–C) groups is 1. The summed E-state index contributed by atoms with van der Waals surface area (Å²) in [5.41, 5.74) is 2.70. The van der Waals surface area contributed by atoms with E-state index in [0.29, 0.717) is 24.0 Å². The highest BCUT2D eigenvalue weighted by Crippen LogP contribution is 2.26. The van der Waals surface area contributed by atoms with Crippen molar-refractivity contribution in [3.05, 3.63) is 84.2 Å². The third-order valence-corrected chi connectivity index (χ3v) is 3.87. The largest absolute Gasteiger partial charge is 0.347 e. The van der Waals surface area contributed by atoms with E-state index in [0.717, 1.165) is 11.1 Å². The molecule has 0 radical (unpaired) electrons. The molecule has 2 amide bonds. The second kappa shape index (κ2) is 6.52. The number of hydrogen-bond acceptors (Lipinski definition) is 3. The van der Waals surface area contributed by atoms with Crippen LogP contribution in [0.15, 0.2) is 78.0 Å². The minimum absolute atomic E-state index is 0.432. The standard InChI is InChI=1S/C19H15N5O/c25-19(22-15-8-2-1-3-9-15)23-17-16-10-5-4-7-14(16)13-24(17)18-20-11-6-12-21-18/h1-12H,13H2,(H,22,25). The van der Waals surface area contributed by atoms with Gasteiger partial charge in [-0.3, -0.25) is 4.90 Å². The van der Waals surface area contributed by atoms with E-state index in [4.69, 9.17) is 0 Å². The Hall–Kier alpha value is -3.54. The number of fused-ring (bicyclic) bond motifs is 1. The number of para-hydroxylation sites is 1. The topological polar surface area (TPSA) is 70.5 Å². The number of nitrogens with one attached hydrogen (secondary N) is 1. The fourth-order valence-corrected chi connectivity index (χ4v) is 2.75. The number of carbonyl (C=O) groups excluding carboxylic acids is 1. The summed E-state index contributed by atoms with van der Waals surface area (Å²) in [5, 5.41) is 2.78. The van der Waals surface area contributed by atoms with Crippen LogP contribution in [-0.4, -0.2) is 21.8 Å². The summed E-state index contributed by atoms with van der Waals surface area (Å²) < 4.78 is 0. The van der Waals surface area contributed by atoms with Gasteiger partial charge in [-0.05, 0) is 23.8 Å². The SMILES string of the molecule is O=C(N=C1c2ccccc2CN1c1ncccn1)Nc1ccccc1. The number of urea groups is 1. The van der Waals surface area contributed by atoms with Gasteiger partial charge in [-0.2, -0.15) is 4.99 Å². The number of amides is 2. The Morgan fingerprint density at radius 1 is 0.960 bits per heavy atom. The molecule has 2 heterocycles. The van der Waals surface area contributed by atoms with Crippen LogP contribution in [-0.2, 0) is 6.54 Å². The summed E-state index contributed by atoms with van der Waals surface area (Å²) in [6.07, 6.45) is 3.35. The average Bonchev–Trinajstić information content (AvgIpc) is 3.02. The highest BCUT2D eigenvalue weighted by molar-refractivity contribution is 6.17. The molecule has 0 saturated carbocycles. The molecule has 0 atom stereocenters. The van der Waals surface area contributed by atoms with Crippen LogP contribution in [0.4, 0.5) is 16.4 Å². The number of benzene rings is 2. The smallest absolute Gasteiger partial charge is 0.306 e. The first kappa shape index (κ1) is 15.0. The van der Waals surface area contributed by atoms with Gasteiger partial charge in [0, 0.05) is 23.6 Å². The van der Waals surface area contributed by atoms with Crippen LogP contribution in [0.2, 0.25) is 0 Å². The van der Waals surface area contributed by atoms with Crippen LogP contribution >= 0.6 is 0 Å². The molecule has 0 bridgehead atoms. The molecule has 0 aliphatic carbocycles. The Balaban J connectivity index is 1.69. The molecular formula is C19H15N5O. The molecule has 1 aromatic heterocycles. The number of rotatable bonds is 2. The number of aromatic nitrogens is 2. The molecule has 6 heteroatoms. The number of amidine groups is 1. The minimum atomic E-state index is -0.432. The lowest BCUT2D eigenvalue weighted by atomic mass is 10.1. The summed E-state index contributed by atoms with van der Waals surface area (Å²) in [6.45, 7) is 0.581. The second-order valence-corrected chi connectivity index (χ2v) is 5.52. The molecule has 1 aliphatic heterocycles. The molecule has 25 heavy (non-hydrogen) atoms. The summed E-state index contributed by atoms with van der Waals surface area (Å²) in [4.78, 5) is 27.1. The van der Waals surface area contributed by atoms with Gasteiger partial charge in [-0.25, -0.2) is 14.8 Å². The van der Waals surface area contributed by atoms with Gasteiger partial charge in [0.15, 0.2) is 0 Å². The number of hydrogen-bond donors (Lipinski definition) is 1. The van der Waals surface area contributed by atoms with Crippen LogP contribution in [0, 0.1) is 0 Å². The predicted octanol–water partition coefficient (Wildman–Crippen LogP) is 3.48. The molecule has 0 spiro atoms. The second-order valence-electron chi connectivity index (χ2n) is 5.52. The molecule has 2 aromatic carbocycles. The third kappa shape index (κ3) is 3.10. The Labute approximate surface area is 144 Å². The van der Waals surface area contributed by atoms with Crippen LogP contribution in [0.25, 0.3) is 0 Å². The van der Waals surface area contributed by atoms with E-state index in [1.165, 1.54) is 0 Å². The van der Waals surface area contributed by atoms with Gasteiger partial charge >= 0.3 is 6.03 Å². The van der Waals surface area contributed by atoms with Gasteiger partial charge < -0.3 is 5.32 Å². The molecule has 6 nitrogen and oxygen atoms in total. The lowest BCUT2D eigenvalue weighted by molar-refractivity contribution is 0.259. The lowest BCUT2D eigenvalue weighted by Crippen LogP contribution is -2.27. The molecular weight excluding hydrogens is 314 g/mol. The van der Waals surface area contributed by atoms with Crippen molar-refractivity contribution in [2.45, 2.75) is 6.54 Å².